The van der Waals surface area contributed by atoms with Crippen LogP contribution in [0.5, 0.6) is 5.75 Å². The van der Waals surface area contributed by atoms with Crippen LogP contribution >= 0.6 is 22.9 Å². The van der Waals surface area contributed by atoms with Gasteiger partial charge in [-0.25, -0.2) is 4.98 Å². The van der Waals surface area contributed by atoms with Crippen LogP contribution in [0.1, 0.15) is 25.1 Å². The molecule has 2 rings (SSSR count). The molecule has 18 heavy (non-hydrogen) atoms. The molecular formula is C14H16ClNOS. The molecule has 2 aromatic rings. The van der Waals surface area contributed by atoms with E-state index in [1.807, 2.05) is 31.2 Å². The average Bonchev–Trinajstić information content (AvgIpc) is 2.72. The number of aryl methyl sites for hydroxylation is 1. The van der Waals surface area contributed by atoms with E-state index >= 15 is 0 Å². The molecule has 0 saturated heterocycles. The van der Waals surface area contributed by atoms with Crippen molar-refractivity contribution in [2.24, 2.45) is 0 Å². The van der Waals surface area contributed by atoms with Crippen molar-refractivity contribution in [3.05, 3.63) is 33.6 Å². The summed E-state index contributed by atoms with van der Waals surface area (Å²) in [5.74, 6) is 0.876. The Morgan fingerprint density at radius 3 is 2.89 bits per heavy atom. The highest BCUT2D eigenvalue weighted by Crippen LogP contribution is 2.33. The summed E-state index contributed by atoms with van der Waals surface area (Å²) in [6.45, 7) is 4.81. The van der Waals surface area contributed by atoms with E-state index in [2.05, 4.69) is 11.9 Å². The van der Waals surface area contributed by atoms with Crippen molar-refractivity contribution in [1.82, 2.24) is 4.98 Å². The summed E-state index contributed by atoms with van der Waals surface area (Å²) in [4.78, 5) is 5.68. The lowest BCUT2D eigenvalue weighted by atomic mass is 10.1. The van der Waals surface area contributed by atoms with Gasteiger partial charge in [-0.3, -0.25) is 0 Å². The zero-order chi connectivity index (χ0) is 13.0. The van der Waals surface area contributed by atoms with Gasteiger partial charge in [0.1, 0.15) is 5.75 Å². The van der Waals surface area contributed by atoms with Crippen molar-refractivity contribution in [2.45, 2.75) is 26.7 Å². The molecule has 0 saturated carbocycles. The predicted molar refractivity (Wildman–Crippen MR) is 77.7 cm³/mol. The molecule has 1 aromatic heterocycles. The Kier molecular flexibility index (Phi) is 4.61. The largest absolute Gasteiger partial charge is 0.494 e. The number of nitrogens with zero attached hydrogens (tertiary/aromatic N) is 1. The maximum absolute atomic E-state index is 6.03. The van der Waals surface area contributed by atoms with Gasteiger partial charge >= 0.3 is 0 Å². The molecule has 0 atom stereocenters. The van der Waals surface area contributed by atoms with Crippen LogP contribution in [0.2, 0.25) is 4.47 Å². The van der Waals surface area contributed by atoms with E-state index in [1.165, 1.54) is 4.88 Å². The first-order valence-corrected chi connectivity index (χ1v) is 7.32. The Labute approximate surface area is 117 Å². The SMILES string of the molecule is CCCc1sc(Cl)nc1-c1cccc(OCC)c1. The summed E-state index contributed by atoms with van der Waals surface area (Å²) in [5.41, 5.74) is 2.07. The molecule has 96 valence electrons. The summed E-state index contributed by atoms with van der Waals surface area (Å²) in [6, 6.07) is 8.02. The van der Waals surface area contributed by atoms with Gasteiger partial charge in [0.15, 0.2) is 4.47 Å². The molecular weight excluding hydrogens is 266 g/mol. The van der Waals surface area contributed by atoms with Crippen molar-refractivity contribution in [3.63, 3.8) is 0 Å². The second kappa shape index (κ2) is 6.21. The molecule has 0 aliphatic rings. The summed E-state index contributed by atoms with van der Waals surface area (Å²) < 4.78 is 6.12. The van der Waals surface area contributed by atoms with Crippen LogP contribution in [0.15, 0.2) is 24.3 Å². The molecule has 2 nitrogen and oxygen atoms in total. The van der Waals surface area contributed by atoms with Gasteiger partial charge in [-0.1, -0.05) is 37.1 Å². The molecule has 0 aliphatic heterocycles. The first-order chi connectivity index (χ1) is 8.74. The molecule has 0 N–H and O–H groups in total. The summed E-state index contributed by atoms with van der Waals surface area (Å²) in [5, 5.41) is 0. The Balaban J connectivity index is 2.37. The zero-order valence-electron chi connectivity index (χ0n) is 10.6. The molecule has 1 heterocycles. The number of rotatable bonds is 5. The van der Waals surface area contributed by atoms with Gasteiger partial charge in [-0.15, -0.1) is 11.3 Å². The summed E-state index contributed by atoms with van der Waals surface area (Å²) in [7, 11) is 0. The van der Waals surface area contributed by atoms with Gasteiger partial charge in [0.25, 0.3) is 0 Å². The van der Waals surface area contributed by atoms with Gasteiger partial charge in [-0.05, 0) is 25.5 Å². The molecule has 0 amide bonds. The van der Waals surface area contributed by atoms with Gasteiger partial charge in [0.05, 0.1) is 12.3 Å². The second-order valence-corrected chi connectivity index (χ2v) is 5.62. The van der Waals surface area contributed by atoms with E-state index < -0.39 is 0 Å². The fourth-order valence-electron chi connectivity index (χ4n) is 1.84. The van der Waals surface area contributed by atoms with Gasteiger partial charge in [-0.2, -0.15) is 0 Å². The monoisotopic (exact) mass is 281 g/mol. The Morgan fingerprint density at radius 2 is 2.17 bits per heavy atom. The van der Waals surface area contributed by atoms with Crippen LogP contribution in [0.4, 0.5) is 0 Å². The van der Waals surface area contributed by atoms with Crippen LogP contribution in [0.25, 0.3) is 11.3 Å². The number of hydrogen-bond donors (Lipinski definition) is 0. The first-order valence-electron chi connectivity index (χ1n) is 6.13. The minimum Gasteiger partial charge on any atom is -0.494 e. The number of thiazole rings is 1. The van der Waals surface area contributed by atoms with E-state index in [4.69, 9.17) is 16.3 Å². The third-order valence-corrected chi connectivity index (χ3v) is 3.79. The molecule has 0 bridgehead atoms. The quantitative estimate of drug-likeness (QED) is 0.784. The third kappa shape index (κ3) is 3.03. The highest BCUT2D eigenvalue weighted by Gasteiger charge is 2.12. The minimum atomic E-state index is 0.607. The highest BCUT2D eigenvalue weighted by molar-refractivity contribution is 7.16. The third-order valence-electron chi connectivity index (χ3n) is 2.57. The number of ether oxygens (including phenoxy) is 1. The lowest BCUT2D eigenvalue weighted by molar-refractivity contribution is 0.340. The molecule has 0 radical (unpaired) electrons. The Hall–Kier alpha value is -1.06. The smallest absolute Gasteiger partial charge is 0.184 e. The van der Waals surface area contributed by atoms with E-state index in [1.54, 1.807) is 11.3 Å². The highest BCUT2D eigenvalue weighted by atomic mass is 35.5. The lowest BCUT2D eigenvalue weighted by Crippen LogP contribution is -1.92. The van der Waals surface area contributed by atoms with Crippen LogP contribution in [0.3, 0.4) is 0 Å². The number of aromatic nitrogens is 1. The van der Waals surface area contributed by atoms with E-state index in [0.29, 0.717) is 11.1 Å². The number of hydrogen-bond acceptors (Lipinski definition) is 3. The first kappa shape index (κ1) is 13.4. The van der Waals surface area contributed by atoms with Crippen LogP contribution in [-0.2, 0) is 6.42 Å². The van der Waals surface area contributed by atoms with Gasteiger partial charge in [0, 0.05) is 10.4 Å². The molecule has 0 spiro atoms. The molecule has 0 aliphatic carbocycles. The van der Waals surface area contributed by atoms with E-state index in [9.17, 15) is 0 Å². The molecule has 0 unspecified atom stereocenters. The maximum Gasteiger partial charge on any atom is 0.184 e. The fraction of sp³-hybridized carbons (Fsp3) is 0.357. The molecule has 1 aromatic carbocycles. The topological polar surface area (TPSA) is 22.1 Å². The standard InChI is InChI=1S/C14H16ClNOS/c1-3-6-12-13(16-14(15)18-12)10-7-5-8-11(9-10)17-4-2/h5,7-9H,3-4,6H2,1-2H3. The van der Waals surface area contributed by atoms with Crippen LogP contribution < -0.4 is 4.74 Å². The predicted octanol–water partition coefficient (Wildman–Crippen LogP) is 4.81. The van der Waals surface area contributed by atoms with Crippen molar-refractivity contribution >= 4 is 22.9 Å². The van der Waals surface area contributed by atoms with Crippen LogP contribution in [0, 0.1) is 0 Å². The second-order valence-electron chi connectivity index (χ2n) is 3.95. The van der Waals surface area contributed by atoms with E-state index in [0.717, 1.165) is 29.8 Å². The van der Waals surface area contributed by atoms with Crippen molar-refractivity contribution in [3.8, 4) is 17.0 Å². The summed E-state index contributed by atoms with van der Waals surface area (Å²) >= 11 is 7.59. The van der Waals surface area contributed by atoms with Crippen molar-refractivity contribution in [2.75, 3.05) is 6.61 Å². The van der Waals surface area contributed by atoms with Crippen molar-refractivity contribution < 1.29 is 4.74 Å². The maximum atomic E-state index is 6.03. The Bertz CT molecular complexity index is 524. The normalized spacial score (nSPS) is 10.6. The average molecular weight is 282 g/mol. The van der Waals surface area contributed by atoms with Crippen molar-refractivity contribution in [1.29, 1.82) is 0 Å². The van der Waals surface area contributed by atoms with E-state index in [-0.39, 0.29) is 0 Å². The minimum absolute atomic E-state index is 0.607. The number of halogens is 1. The number of benzene rings is 1. The lowest BCUT2D eigenvalue weighted by Gasteiger charge is -2.05. The Morgan fingerprint density at radius 1 is 1.33 bits per heavy atom. The fourth-order valence-corrected chi connectivity index (χ4v) is 3.12. The molecule has 0 fully saturated rings. The molecule has 4 heteroatoms. The summed E-state index contributed by atoms with van der Waals surface area (Å²) in [6.07, 6.45) is 2.11. The zero-order valence-corrected chi connectivity index (χ0v) is 12.1. The van der Waals surface area contributed by atoms with Crippen LogP contribution in [-0.4, -0.2) is 11.6 Å². The van der Waals surface area contributed by atoms with Gasteiger partial charge in [0.2, 0.25) is 0 Å². The van der Waals surface area contributed by atoms with Gasteiger partial charge < -0.3 is 4.74 Å².